The zero-order chi connectivity index (χ0) is 16.8. The SMILES string of the molecule is O=C(CSc1ncc2ccccn12)NC(=O)NCc1ccccc1. The normalized spacial score (nSPS) is 10.5. The number of pyridine rings is 1. The van der Waals surface area contributed by atoms with Gasteiger partial charge in [-0.2, -0.15) is 0 Å². The molecule has 0 saturated carbocycles. The maximum atomic E-state index is 11.9. The third-order valence-corrected chi connectivity index (χ3v) is 4.25. The summed E-state index contributed by atoms with van der Waals surface area (Å²) in [5.41, 5.74) is 1.93. The predicted molar refractivity (Wildman–Crippen MR) is 92.7 cm³/mol. The minimum atomic E-state index is -0.502. The number of fused-ring (bicyclic) bond motifs is 1. The number of nitrogens with zero attached hydrogens (tertiary/aromatic N) is 2. The first-order valence-electron chi connectivity index (χ1n) is 7.39. The maximum absolute atomic E-state index is 11.9. The summed E-state index contributed by atoms with van der Waals surface area (Å²) in [7, 11) is 0. The van der Waals surface area contributed by atoms with E-state index in [4.69, 9.17) is 0 Å². The average molecular weight is 340 g/mol. The first-order chi connectivity index (χ1) is 11.7. The molecule has 0 unspecified atom stereocenters. The summed E-state index contributed by atoms with van der Waals surface area (Å²) >= 11 is 1.28. The summed E-state index contributed by atoms with van der Waals surface area (Å²) in [6, 6.07) is 14.8. The van der Waals surface area contributed by atoms with Gasteiger partial charge in [0.05, 0.1) is 17.5 Å². The molecule has 0 bridgehead atoms. The smallest absolute Gasteiger partial charge is 0.321 e. The molecule has 0 aliphatic carbocycles. The molecule has 1 aromatic carbocycles. The van der Waals surface area contributed by atoms with Gasteiger partial charge in [-0.05, 0) is 17.7 Å². The highest BCUT2D eigenvalue weighted by molar-refractivity contribution is 7.99. The van der Waals surface area contributed by atoms with Gasteiger partial charge in [-0.25, -0.2) is 9.78 Å². The average Bonchev–Trinajstić information content (AvgIpc) is 3.02. The van der Waals surface area contributed by atoms with Crippen LogP contribution in [0, 0.1) is 0 Å². The van der Waals surface area contributed by atoms with Crippen molar-refractivity contribution >= 4 is 29.2 Å². The highest BCUT2D eigenvalue weighted by Crippen LogP contribution is 2.17. The van der Waals surface area contributed by atoms with Crippen LogP contribution >= 0.6 is 11.8 Å². The topological polar surface area (TPSA) is 75.5 Å². The van der Waals surface area contributed by atoms with E-state index in [2.05, 4.69) is 15.6 Å². The van der Waals surface area contributed by atoms with Crippen LogP contribution < -0.4 is 10.6 Å². The summed E-state index contributed by atoms with van der Waals surface area (Å²) in [5, 5.41) is 5.68. The molecular formula is C17H16N4O2S. The fourth-order valence-corrected chi connectivity index (χ4v) is 2.91. The van der Waals surface area contributed by atoms with E-state index >= 15 is 0 Å². The number of aromatic nitrogens is 2. The van der Waals surface area contributed by atoms with Crippen molar-refractivity contribution in [1.29, 1.82) is 0 Å². The van der Waals surface area contributed by atoms with Gasteiger partial charge in [0.1, 0.15) is 0 Å². The lowest BCUT2D eigenvalue weighted by atomic mass is 10.2. The van der Waals surface area contributed by atoms with E-state index in [1.165, 1.54) is 11.8 Å². The number of amides is 3. The highest BCUT2D eigenvalue weighted by atomic mass is 32.2. The zero-order valence-electron chi connectivity index (χ0n) is 12.8. The van der Waals surface area contributed by atoms with Gasteiger partial charge < -0.3 is 5.32 Å². The van der Waals surface area contributed by atoms with Crippen molar-refractivity contribution in [1.82, 2.24) is 20.0 Å². The number of thioether (sulfide) groups is 1. The van der Waals surface area contributed by atoms with E-state index in [1.807, 2.05) is 59.1 Å². The van der Waals surface area contributed by atoms with Gasteiger partial charge in [0.2, 0.25) is 5.91 Å². The van der Waals surface area contributed by atoms with E-state index in [0.717, 1.165) is 11.1 Å². The first-order valence-corrected chi connectivity index (χ1v) is 8.37. The third kappa shape index (κ3) is 4.14. The number of urea groups is 1. The minimum absolute atomic E-state index is 0.118. The molecule has 2 aromatic heterocycles. The van der Waals surface area contributed by atoms with Crippen molar-refractivity contribution in [3.63, 3.8) is 0 Å². The molecule has 2 N–H and O–H groups in total. The molecule has 3 aromatic rings. The Kier molecular flexibility index (Phi) is 5.12. The van der Waals surface area contributed by atoms with Gasteiger partial charge >= 0.3 is 6.03 Å². The Bertz CT molecular complexity index is 848. The Labute approximate surface area is 143 Å². The third-order valence-electron chi connectivity index (χ3n) is 3.29. The van der Waals surface area contributed by atoms with Crippen LogP contribution in [0.1, 0.15) is 5.56 Å². The summed E-state index contributed by atoms with van der Waals surface area (Å²) in [6.45, 7) is 0.373. The van der Waals surface area contributed by atoms with Crippen LogP contribution in [0.4, 0.5) is 4.79 Å². The first kappa shape index (κ1) is 16.1. The number of carbonyl (C=O) groups is 2. The van der Waals surface area contributed by atoms with Crippen LogP contribution in [0.15, 0.2) is 66.1 Å². The molecule has 0 spiro atoms. The number of imide groups is 1. The van der Waals surface area contributed by atoms with Crippen LogP contribution in [0.2, 0.25) is 0 Å². The molecule has 2 heterocycles. The standard InChI is InChI=1S/C17H16N4O2S/c22-15(20-16(23)18-10-13-6-2-1-3-7-13)12-24-17-19-11-14-8-4-5-9-21(14)17/h1-9,11H,10,12H2,(H2,18,20,22,23). The monoisotopic (exact) mass is 340 g/mol. The summed E-state index contributed by atoms with van der Waals surface area (Å²) < 4.78 is 1.90. The Morgan fingerprint density at radius 1 is 1.08 bits per heavy atom. The Hall–Kier alpha value is -2.80. The largest absolute Gasteiger partial charge is 0.334 e. The van der Waals surface area contributed by atoms with Crippen molar-refractivity contribution in [3.05, 3.63) is 66.5 Å². The van der Waals surface area contributed by atoms with Gasteiger partial charge in [0.15, 0.2) is 5.16 Å². The lowest BCUT2D eigenvalue weighted by Gasteiger charge is -2.06. The van der Waals surface area contributed by atoms with Crippen molar-refractivity contribution < 1.29 is 9.59 Å². The highest BCUT2D eigenvalue weighted by Gasteiger charge is 2.10. The second kappa shape index (κ2) is 7.65. The molecule has 0 atom stereocenters. The molecule has 0 aliphatic rings. The maximum Gasteiger partial charge on any atom is 0.321 e. The Balaban J connectivity index is 1.46. The molecule has 0 radical (unpaired) electrons. The minimum Gasteiger partial charge on any atom is -0.334 e. The van der Waals surface area contributed by atoms with E-state index in [-0.39, 0.29) is 11.7 Å². The zero-order valence-corrected chi connectivity index (χ0v) is 13.6. The lowest BCUT2D eigenvalue weighted by molar-refractivity contribution is -0.117. The van der Waals surface area contributed by atoms with Gasteiger partial charge in [-0.15, -0.1) is 0 Å². The second-order valence-electron chi connectivity index (χ2n) is 5.04. The predicted octanol–water partition coefficient (Wildman–Crippen LogP) is 2.45. The summed E-state index contributed by atoms with van der Waals surface area (Å²) in [6.07, 6.45) is 3.63. The Morgan fingerprint density at radius 2 is 1.88 bits per heavy atom. The van der Waals surface area contributed by atoms with E-state index in [0.29, 0.717) is 11.7 Å². The van der Waals surface area contributed by atoms with E-state index in [1.54, 1.807) is 6.20 Å². The quantitative estimate of drug-likeness (QED) is 0.700. The van der Waals surface area contributed by atoms with Crippen molar-refractivity contribution in [2.75, 3.05) is 5.75 Å². The number of hydrogen-bond donors (Lipinski definition) is 2. The van der Waals surface area contributed by atoms with E-state index in [9.17, 15) is 9.59 Å². The number of carbonyl (C=O) groups excluding carboxylic acids is 2. The summed E-state index contributed by atoms with van der Waals surface area (Å²) in [5.74, 6) is -0.245. The molecule has 0 saturated heterocycles. The van der Waals surface area contributed by atoms with Gasteiger partial charge in [-0.3, -0.25) is 14.5 Å². The molecule has 0 aliphatic heterocycles. The van der Waals surface area contributed by atoms with Crippen LogP contribution in [0.3, 0.4) is 0 Å². The lowest BCUT2D eigenvalue weighted by Crippen LogP contribution is -2.39. The van der Waals surface area contributed by atoms with Crippen LogP contribution in [0.25, 0.3) is 5.52 Å². The summed E-state index contributed by atoms with van der Waals surface area (Å²) in [4.78, 5) is 27.9. The van der Waals surface area contributed by atoms with Crippen LogP contribution in [-0.4, -0.2) is 27.1 Å². The number of benzene rings is 1. The van der Waals surface area contributed by atoms with Crippen LogP contribution in [-0.2, 0) is 11.3 Å². The number of imidazole rings is 1. The van der Waals surface area contributed by atoms with Gasteiger partial charge in [0, 0.05) is 12.7 Å². The molecular weight excluding hydrogens is 324 g/mol. The molecule has 0 fully saturated rings. The second-order valence-corrected chi connectivity index (χ2v) is 5.98. The molecule has 3 amide bonds. The van der Waals surface area contributed by atoms with Crippen LogP contribution in [0.5, 0.6) is 0 Å². The van der Waals surface area contributed by atoms with Crippen molar-refractivity contribution in [2.24, 2.45) is 0 Å². The van der Waals surface area contributed by atoms with E-state index < -0.39 is 6.03 Å². The fraction of sp³-hybridized carbons (Fsp3) is 0.118. The number of hydrogen-bond acceptors (Lipinski definition) is 4. The number of rotatable bonds is 5. The molecule has 24 heavy (non-hydrogen) atoms. The van der Waals surface area contributed by atoms with Gasteiger partial charge in [-0.1, -0.05) is 48.2 Å². The van der Waals surface area contributed by atoms with Gasteiger partial charge in [0.25, 0.3) is 0 Å². The van der Waals surface area contributed by atoms with Crippen molar-refractivity contribution in [3.8, 4) is 0 Å². The molecule has 122 valence electrons. The van der Waals surface area contributed by atoms with Crippen molar-refractivity contribution in [2.45, 2.75) is 11.7 Å². The molecule has 6 nitrogen and oxygen atoms in total. The Morgan fingerprint density at radius 3 is 2.71 bits per heavy atom. The fourth-order valence-electron chi connectivity index (χ4n) is 2.14. The molecule has 7 heteroatoms. The molecule has 3 rings (SSSR count). The number of nitrogens with one attached hydrogen (secondary N) is 2.